The van der Waals surface area contributed by atoms with Crippen molar-refractivity contribution in [3.8, 4) is 0 Å². The van der Waals surface area contributed by atoms with E-state index in [-0.39, 0.29) is 0 Å². The van der Waals surface area contributed by atoms with Crippen LogP contribution in [0.15, 0.2) is 12.3 Å². The number of hydrogen-bond donors (Lipinski definition) is 2. The van der Waals surface area contributed by atoms with Gasteiger partial charge in [0.2, 0.25) is 0 Å². The number of anilines is 2. The molecule has 0 saturated carbocycles. The molecule has 1 unspecified atom stereocenters. The van der Waals surface area contributed by atoms with Crippen LogP contribution >= 0.6 is 0 Å². The Morgan fingerprint density at radius 3 is 2.94 bits per heavy atom. The molecular weight excluding hydrogens is 202 g/mol. The van der Waals surface area contributed by atoms with Crippen LogP contribution in [0.1, 0.15) is 25.3 Å². The summed E-state index contributed by atoms with van der Waals surface area (Å²) in [6, 6.07) is 1.92. The van der Waals surface area contributed by atoms with Gasteiger partial charge in [-0.25, -0.2) is 4.98 Å². The largest absolute Gasteiger partial charge is 0.396 e. The lowest BCUT2D eigenvalue weighted by Crippen LogP contribution is -2.46. The topological polar surface area (TPSA) is 62.4 Å². The number of rotatable bonds is 1. The smallest absolute Gasteiger partial charge is 0.151 e. The molecule has 0 amide bonds. The Bertz CT molecular complexity index is 390. The van der Waals surface area contributed by atoms with Crippen LogP contribution in [0.25, 0.3) is 0 Å². The van der Waals surface area contributed by atoms with Crippen molar-refractivity contribution < 1.29 is 5.11 Å². The first kappa shape index (κ1) is 11.2. The van der Waals surface area contributed by atoms with Crippen molar-refractivity contribution in [3.05, 3.63) is 17.8 Å². The Labute approximate surface area is 96.1 Å². The monoisotopic (exact) mass is 221 g/mol. The number of aryl methyl sites for hydroxylation is 1. The normalized spacial score (nSPS) is 25.8. The van der Waals surface area contributed by atoms with Crippen LogP contribution in [0, 0.1) is 6.92 Å². The van der Waals surface area contributed by atoms with E-state index in [0.29, 0.717) is 12.2 Å². The first-order chi connectivity index (χ1) is 7.48. The summed E-state index contributed by atoms with van der Waals surface area (Å²) in [6.07, 6.45) is 3.63. The quantitative estimate of drug-likeness (QED) is 0.751. The van der Waals surface area contributed by atoms with Crippen molar-refractivity contribution in [2.45, 2.75) is 32.3 Å². The molecule has 2 rings (SSSR count). The summed E-state index contributed by atoms with van der Waals surface area (Å²) in [5, 5.41) is 10.0. The van der Waals surface area contributed by atoms with Gasteiger partial charge in [0.25, 0.3) is 0 Å². The van der Waals surface area contributed by atoms with E-state index in [1.807, 2.05) is 26.1 Å². The molecule has 2 heterocycles. The lowest BCUT2D eigenvalue weighted by atomic mass is 9.95. The summed E-state index contributed by atoms with van der Waals surface area (Å²) < 4.78 is 0. The minimum absolute atomic E-state index is 0.604. The van der Waals surface area contributed by atoms with Crippen LogP contribution in [0.2, 0.25) is 0 Å². The van der Waals surface area contributed by atoms with Crippen LogP contribution < -0.4 is 10.6 Å². The second-order valence-corrected chi connectivity index (χ2v) is 4.95. The van der Waals surface area contributed by atoms with Gasteiger partial charge in [-0.05, 0) is 38.3 Å². The Balaban J connectivity index is 2.23. The van der Waals surface area contributed by atoms with Crippen molar-refractivity contribution >= 4 is 11.5 Å². The molecule has 0 aromatic carbocycles. The van der Waals surface area contributed by atoms with Gasteiger partial charge in [0.15, 0.2) is 5.82 Å². The van der Waals surface area contributed by atoms with E-state index in [0.717, 1.165) is 30.8 Å². The summed E-state index contributed by atoms with van der Waals surface area (Å²) in [4.78, 5) is 6.42. The van der Waals surface area contributed by atoms with Crippen LogP contribution in [0.4, 0.5) is 11.5 Å². The second kappa shape index (κ2) is 3.94. The number of nitrogen functional groups attached to an aromatic ring is 1. The molecule has 0 bridgehead atoms. The Morgan fingerprint density at radius 2 is 2.31 bits per heavy atom. The molecular formula is C12H19N3O. The fraction of sp³-hybridized carbons (Fsp3) is 0.583. The molecule has 1 aromatic rings. The Kier molecular flexibility index (Phi) is 2.76. The highest BCUT2D eigenvalue weighted by molar-refractivity contribution is 5.63. The zero-order chi connectivity index (χ0) is 11.8. The molecule has 1 atom stereocenters. The highest BCUT2D eigenvalue weighted by atomic mass is 16.3. The molecule has 1 aromatic heterocycles. The molecule has 1 aliphatic heterocycles. The second-order valence-electron chi connectivity index (χ2n) is 4.95. The average molecular weight is 221 g/mol. The van der Waals surface area contributed by atoms with E-state index < -0.39 is 5.60 Å². The number of pyridine rings is 1. The van der Waals surface area contributed by atoms with Gasteiger partial charge in [0.1, 0.15) is 0 Å². The van der Waals surface area contributed by atoms with Gasteiger partial charge < -0.3 is 15.7 Å². The van der Waals surface area contributed by atoms with Crippen molar-refractivity contribution in [3.63, 3.8) is 0 Å². The summed E-state index contributed by atoms with van der Waals surface area (Å²) in [5.41, 5.74) is 7.08. The maximum atomic E-state index is 10.0. The van der Waals surface area contributed by atoms with Crippen LogP contribution in [-0.4, -0.2) is 28.8 Å². The van der Waals surface area contributed by atoms with Gasteiger partial charge >= 0.3 is 0 Å². The van der Waals surface area contributed by atoms with Gasteiger partial charge in [-0.15, -0.1) is 0 Å². The molecule has 1 saturated heterocycles. The summed E-state index contributed by atoms with van der Waals surface area (Å²) in [6.45, 7) is 5.35. The molecule has 0 spiro atoms. The number of aromatic nitrogens is 1. The third-order valence-electron chi connectivity index (χ3n) is 3.01. The third-order valence-corrected chi connectivity index (χ3v) is 3.01. The van der Waals surface area contributed by atoms with E-state index >= 15 is 0 Å². The molecule has 4 heteroatoms. The van der Waals surface area contributed by atoms with E-state index in [1.165, 1.54) is 0 Å². The number of nitrogens with zero attached hydrogens (tertiary/aromatic N) is 2. The van der Waals surface area contributed by atoms with E-state index in [9.17, 15) is 5.11 Å². The predicted molar refractivity (Wildman–Crippen MR) is 65.5 cm³/mol. The average Bonchev–Trinajstić information content (AvgIpc) is 2.15. The first-order valence-electron chi connectivity index (χ1n) is 5.67. The highest BCUT2D eigenvalue weighted by Crippen LogP contribution is 2.28. The molecule has 16 heavy (non-hydrogen) atoms. The first-order valence-corrected chi connectivity index (χ1v) is 5.67. The number of β-amino-alcohol motifs (C(OH)–C–C–N with tert-alkyl or cyclic N) is 1. The SMILES string of the molecule is Cc1cnc(N2CCCC(C)(O)C2)c(N)c1. The summed E-state index contributed by atoms with van der Waals surface area (Å²) >= 11 is 0. The fourth-order valence-electron chi connectivity index (χ4n) is 2.25. The van der Waals surface area contributed by atoms with Gasteiger partial charge in [-0.3, -0.25) is 0 Å². The third kappa shape index (κ3) is 2.27. The van der Waals surface area contributed by atoms with Gasteiger partial charge in [-0.2, -0.15) is 0 Å². The van der Waals surface area contributed by atoms with Crippen molar-refractivity contribution in [1.29, 1.82) is 0 Å². The van der Waals surface area contributed by atoms with Crippen LogP contribution in [-0.2, 0) is 0 Å². The molecule has 88 valence electrons. The summed E-state index contributed by atoms with van der Waals surface area (Å²) in [5.74, 6) is 0.797. The van der Waals surface area contributed by atoms with Crippen LogP contribution in [0.5, 0.6) is 0 Å². The molecule has 1 fully saturated rings. The Morgan fingerprint density at radius 1 is 1.56 bits per heavy atom. The Hall–Kier alpha value is -1.29. The van der Waals surface area contributed by atoms with Gasteiger partial charge in [-0.1, -0.05) is 0 Å². The molecule has 4 nitrogen and oxygen atoms in total. The lowest BCUT2D eigenvalue weighted by molar-refractivity contribution is 0.0447. The minimum Gasteiger partial charge on any atom is -0.396 e. The predicted octanol–water partition coefficient (Wildman–Crippen LogP) is 1.32. The molecule has 0 radical (unpaired) electrons. The zero-order valence-corrected chi connectivity index (χ0v) is 9.90. The van der Waals surface area contributed by atoms with Crippen molar-refractivity contribution in [2.24, 2.45) is 0 Å². The van der Waals surface area contributed by atoms with Gasteiger partial charge in [0, 0.05) is 19.3 Å². The van der Waals surface area contributed by atoms with E-state index in [1.54, 1.807) is 0 Å². The number of aliphatic hydroxyl groups is 1. The highest BCUT2D eigenvalue weighted by Gasteiger charge is 2.29. The standard InChI is InChI=1S/C12H19N3O/c1-9-6-10(13)11(14-7-9)15-5-3-4-12(2,16)8-15/h6-7,16H,3-5,8,13H2,1-2H3. The van der Waals surface area contributed by atoms with Crippen molar-refractivity contribution in [1.82, 2.24) is 4.98 Å². The van der Waals surface area contributed by atoms with Crippen molar-refractivity contribution in [2.75, 3.05) is 23.7 Å². The van der Waals surface area contributed by atoms with E-state index in [2.05, 4.69) is 9.88 Å². The maximum absolute atomic E-state index is 10.0. The van der Waals surface area contributed by atoms with Crippen LogP contribution in [0.3, 0.4) is 0 Å². The molecule has 0 aliphatic carbocycles. The maximum Gasteiger partial charge on any atom is 0.151 e. The number of hydrogen-bond acceptors (Lipinski definition) is 4. The zero-order valence-electron chi connectivity index (χ0n) is 9.90. The van der Waals surface area contributed by atoms with E-state index in [4.69, 9.17) is 5.73 Å². The number of piperidine rings is 1. The summed E-state index contributed by atoms with van der Waals surface area (Å²) in [7, 11) is 0. The molecule has 1 aliphatic rings. The number of nitrogens with two attached hydrogens (primary N) is 1. The fourth-order valence-corrected chi connectivity index (χ4v) is 2.25. The lowest BCUT2D eigenvalue weighted by Gasteiger charge is -2.37. The molecule has 3 N–H and O–H groups in total. The van der Waals surface area contributed by atoms with Gasteiger partial charge in [0.05, 0.1) is 11.3 Å². The minimum atomic E-state index is -0.628.